The summed E-state index contributed by atoms with van der Waals surface area (Å²) >= 11 is 0. The van der Waals surface area contributed by atoms with Crippen molar-refractivity contribution >= 4 is 55.8 Å². The first-order chi connectivity index (χ1) is 25.8. The minimum atomic E-state index is -0.546. The van der Waals surface area contributed by atoms with Gasteiger partial charge in [0.15, 0.2) is 0 Å². The van der Waals surface area contributed by atoms with Gasteiger partial charge in [-0.05, 0) is 126 Å². The van der Waals surface area contributed by atoms with E-state index in [2.05, 4.69) is 70.3 Å². The lowest BCUT2D eigenvalue weighted by Crippen LogP contribution is -2.38. The molecule has 2 saturated heterocycles. The molecular weight excluding hydrogens is 677 g/mol. The number of aromatic nitrogens is 4. The molecule has 10 nitrogen and oxygen atoms in total. The Labute approximate surface area is 313 Å². The molecule has 6 aromatic rings. The average Bonchev–Trinajstić information content (AvgIpc) is 3.75. The molecule has 2 N–H and O–H groups in total. The Morgan fingerprint density at radius 2 is 1.06 bits per heavy atom. The van der Waals surface area contributed by atoms with Crippen molar-refractivity contribution in [2.75, 3.05) is 0 Å². The van der Waals surface area contributed by atoms with Crippen LogP contribution >= 0.6 is 0 Å². The molecule has 10 heteroatoms. The first-order valence-electron chi connectivity index (χ1n) is 19.2. The summed E-state index contributed by atoms with van der Waals surface area (Å²) in [6, 6.07) is 21.1. The molecular formula is C44H44N6O4. The number of benzene rings is 4. The first kappa shape index (κ1) is 33.0. The van der Waals surface area contributed by atoms with Gasteiger partial charge in [0, 0.05) is 34.0 Å². The lowest BCUT2D eigenvalue weighted by molar-refractivity contribution is 0.0164. The monoisotopic (exact) mass is 720 g/mol. The van der Waals surface area contributed by atoms with Gasteiger partial charge in [0.2, 0.25) is 0 Å². The van der Waals surface area contributed by atoms with Crippen molar-refractivity contribution in [1.29, 1.82) is 0 Å². The summed E-state index contributed by atoms with van der Waals surface area (Å²) in [6.07, 6.45) is 3.36. The zero-order valence-corrected chi connectivity index (χ0v) is 31.5. The molecule has 0 radical (unpaired) electrons. The van der Waals surface area contributed by atoms with E-state index in [-0.39, 0.29) is 36.4 Å². The van der Waals surface area contributed by atoms with Crippen LogP contribution in [0.4, 0.5) is 9.59 Å². The van der Waals surface area contributed by atoms with Crippen LogP contribution in [0.1, 0.15) is 102 Å². The molecule has 4 aromatic carbocycles. The van der Waals surface area contributed by atoms with Gasteiger partial charge in [-0.3, -0.25) is 9.80 Å². The number of rotatable bonds is 2. The standard InChI is InChI=1S/C44H44N6O4/c1-43(2,3)53-41(51)49-33-19-27(33)21-35(49)39-45-31-15-11-25-17-23(9-13-29(25)37(31)47-39)7-8-24-10-14-30-26(18-24)12-16-32-38(30)48-40(46-32)36-22-28-20-34(28)50(36)42(52)54-44(4,5)6/h9-18,27-28,33-36H,19-22H2,1-6H3,(H,45,47)(H,46,48)/t27?,28?,33?,34?,35-,36-/m0/s1. The minimum Gasteiger partial charge on any atom is -0.444 e. The van der Waals surface area contributed by atoms with Crippen LogP contribution in [0.5, 0.6) is 0 Å². The third-order valence-electron chi connectivity index (χ3n) is 11.4. The van der Waals surface area contributed by atoms with Gasteiger partial charge in [-0.15, -0.1) is 0 Å². The third kappa shape index (κ3) is 5.72. The average molecular weight is 721 g/mol. The predicted molar refractivity (Wildman–Crippen MR) is 208 cm³/mol. The number of H-pyrrole nitrogens is 2. The summed E-state index contributed by atoms with van der Waals surface area (Å²) in [7, 11) is 0. The molecule has 2 aromatic heterocycles. The number of aromatic amines is 2. The van der Waals surface area contributed by atoms with Crippen LogP contribution in [0.2, 0.25) is 0 Å². The van der Waals surface area contributed by atoms with Crippen LogP contribution in [-0.2, 0) is 9.47 Å². The molecule has 2 amide bonds. The van der Waals surface area contributed by atoms with Crippen LogP contribution in [0.25, 0.3) is 43.6 Å². The van der Waals surface area contributed by atoms with Gasteiger partial charge >= 0.3 is 12.2 Å². The van der Waals surface area contributed by atoms with Crippen molar-refractivity contribution in [2.45, 2.75) is 103 Å². The number of likely N-dealkylation sites (tertiary alicyclic amines) is 2. The van der Waals surface area contributed by atoms with Crippen molar-refractivity contribution in [3.05, 3.63) is 83.4 Å². The van der Waals surface area contributed by atoms with E-state index in [0.717, 1.165) is 92.1 Å². The van der Waals surface area contributed by atoms with Crippen LogP contribution in [0.15, 0.2) is 60.7 Å². The molecule has 10 rings (SSSR count). The first-order valence-corrected chi connectivity index (χ1v) is 19.2. The maximum Gasteiger partial charge on any atom is 0.411 e. The summed E-state index contributed by atoms with van der Waals surface area (Å²) < 4.78 is 11.6. The van der Waals surface area contributed by atoms with Crippen molar-refractivity contribution in [3.63, 3.8) is 0 Å². The van der Waals surface area contributed by atoms with E-state index in [1.807, 2.05) is 63.5 Å². The molecule has 4 heterocycles. The fourth-order valence-corrected chi connectivity index (χ4v) is 8.81. The fraction of sp³-hybridized carbons (Fsp3) is 0.409. The highest BCUT2D eigenvalue weighted by atomic mass is 16.6. The SMILES string of the molecule is CC(C)(C)OC(=O)N1C2CC2C[C@H]1c1nc2c(ccc3cc(C#Cc4ccc5c(ccc6[nH]c([C@@H]7CC8CC8N7C(=O)OC(C)(C)C)nc65)c4)ccc32)[nH]1. The van der Waals surface area contributed by atoms with Gasteiger partial charge in [0.25, 0.3) is 0 Å². The third-order valence-corrected chi connectivity index (χ3v) is 11.4. The van der Waals surface area contributed by atoms with E-state index in [1.54, 1.807) is 0 Å². The Hall–Kier alpha value is -5.56. The fourth-order valence-electron chi connectivity index (χ4n) is 8.81. The van der Waals surface area contributed by atoms with E-state index in [4.69, 9.17) is 19.4 Å². The van der Waals surface area contributed by atoms with E-state index in [0.29, 0.717) is 11.8 Å². The molecule has 0 bridgehead atoms. The van der Waals surface area contributed by atoms with Crippen molar-refractivity contribution in [2.24, 2.45) is 11.8 Å². The van der Waals surface area contributed by atoms with Crippen LogP contribution < -0.4 is 0 Å². The largest absolute Gasteiger partial charge is 0.444 e. The second-order valence-electron chi connectivity index (χ2n) is 17.7. The Balaban J connectivity index is 0.898. The quantitative estimate of drug-likeness (QED) is 0.172. The van der Waals surface area contributed by atoms with Gasteiger partial charge in [0.05, 0.1) is 34.2 Å². The van der Waals surface area contributed by atoms with Crippen molar-refractivity contribution < 1.29 is 19.1 Å². The molecule has 274 valence electrons. The summed E-state index contributed by atoms with van der Waals surface area (Å²) in [5.41, 5.74) is 4.45. The summed E-state index contributed by atoms with van der Waals surface area (Å²) in [6.45, 7) is 11.4. The number of carbonyl (C=O) groups excluding carboxylic acids is 2. The van der Waals surface area contributed by atoms with Crippen LogP contribution in [-0.4, -0.2) is 65.2 Å². The van der Waals surface area contributed by atoms with Gasteiger partial charge in [-0.1, -0.05) is 36.1 Å². The molecule has 2 aliphatic heterocycles. The number of carbonyl (C=O) groups is 2. The lowest BCUT2D eigenvalue weighted by atomic mass is 10.0. The molecule has 54 heavy (non-hydrogen) atoms. The smallest absolute Gasteiger partial charge is 0.411 e. The molecule has 4 unspecified atom stereocenters. The van der Waals surface area contributed by atoms with Crippen molar-refractivity contribution in [1.82, 2.24) is 29.7 Å². The molecule has 4 aliphatic rings. The van der Waals surface area contributed by atoms with E-state index >= 15 is 0 Å². The molecule has 0 spiro atoms. The van der Waals surface area contributed by atoms with Crippen LogP contribution in [0, 0.1) is 23.7 Å². The Kier molecular flexibility index (Phi) is 7.02. The van der Waals surface area contributed by atoms with E-state index in [9.17, 15) is 9.59 Å². The summed E-state index contributed by atoms with van der Waals surface area (Å²) in [5, 5.41) is 4.21. The number of nitrogens with zero attached hydrogens (tertiary/aromatic N) is 4. The number of nitrogens with one attached hydrogen (secondary N) is 2. The highest BCUT2D eigenvalue weighted by Crippen LogP contribution is 2.55. The zero-order valence-electron chi connectivity index (χ0n) is 31.5. The number of ether oxygens (including phenoxy) is 2. The number of amides is 2. The van der Waals surface area contributed by atoms with E-state index in [1.165, 1.54) is 0 Å². The lowest BCUT2D eigenvalue weighted by Gasteiger charge is -2.29. The molecule has 2 aliphatic carbocycles. The maximum absolute atomic E-state index is 13.2. The minimum absolute atomic E-state index is 0.114. The predicted octanol–water partition coefficient (Wildman–Crippen LogP) is 9.29. The second-order valence-corrected chi connectivity index (χ2v) is 17.7. The van der Waals surface area contributed by atoms with Crippen LogP contribution in [0.3, 0.4) is 0 Å². The number of piperidine rings is 2. The van der Waals surface area contributed by atoms with Gasteiger partial charge in [0.1, 0.15) is 22.9 Å². The summed E-state index contributed by atoms with van der Waals surface area (Å²) in [5.74, 6) is 9.41. The molecule has 4 fully saturated rings. The highest BCUT2D eigenvalue weighted by Gasteiger charge is 2.57. The Bertz CT molecular complexity index is 2440. The van der Waals surface area contributed by atoms with Gasteiger partial charge in [-0.2, -0.15) is 0 Å². The second kappa shape index (κ2) is 11.5. The summed E-state index contributed by atoms with van der Waals surface area (Å²) in [4.78, 5) is 47.3. The normalized spacial score (nSPS) is 24.5. The number of hydrogen-bond acceptors (Lipinski definition) is 6. The van der Waals surface area contributed by atoms with Gasteiger partial charge in [-0.25, -0.2) is 19.6 Å². The van der Waals surface area contributed by atoms with Gasteiger partial charge < -0.3 is 19.4 Å². The molecule has 2 saturated carbocycles. The number of imidazole rings is 2. The van der Waals surface area contributed by atoms with Crippen molar-refractivity contribution in [3.8, 4) is 11.8 Å². The maximum atomic E-state index is 13.2. The Morgan fingerprint density at radius 3 is 1.46 bits per heavy atom. The highest BCUT2D eigenvalue weighted by molar-refractivity contribution is 6.05. The Morgan fingerprint density at radius 1 is 0.630 bits per heavy atom. The van der Waals surface area contributed by atoms with E-state index < -0.39 is 11.2 Å². The zero-order chi connectivity index (χ0) is 37.3. The number of hydrogen-bond donors (Lipinski definition) is 2. The topological polar surface area (TPSA) is 116 Å². The number of fused-ring (bicyclic) bond motifs is 8. The molecule has 6 atom stereocenters.